The molecule has 7 heteroatoms. The molecule has 152 valence electrons. The summed E-state index contributed by atoms with van der Waals surface area (Å²) in [5, 5.41) is 0.581. The fourth-order valence-corrected chi connectivity index (χ4v) is 3.83. The average Bonchev–Trinajstić information content (AvgIpc) is 2.74. The first kappa shape index (κ1) is 20.4. The Hall–Kier alpha value is -2.83. The van der Waals surface area contributed by atoms with Crippen LogP contribution in [0.25, 0.3) is 22.3 Å². The van der Waals surface area contributed by atoms with Gasteiger partial charge < -0.3 is 13.9 Å². The van der Waals surface area contributed by atoms with Gasteiger partial charge in [0, 0.05) is 11.1 Å². The third-order valence-corrected chi connectivity index (χ3v) is 5.57. The summed E-state index contributed by atoms with van der Waals surface area (Å²) in [4.78, 5) is 13.2. The van der Waals surface area contributed by atoms with Crippen molar-refractivity contribution in [2.75, 3.05) is 7.11 Å². The van der Waals surface area contributed by atoms with Crippen LogP contribution >= 0.6 is 27.5 Å². The van der Waals surface area contributed by atoms with Crippen LogP contribution in [-0.2, 0) is 6.61 Å². The van der Waals surface area contributed by atoms with Gasteiger partial charge in [0.25, 0.3) is 0 Å². The van der Waals surface area contributed by atoms with E-state index in [1.165, 1.54) is 12.1 Å². The molecule has 3 aromatic carbocycles. The first-order valence-corrected chi connectivity index (χ1v) is 10.1. The predicted octanol–water partition coefficient (Wildman–Crippen LogP) is 6.60. The molecular formula is C23H15BrClFO4. The molecule has 4 nitrogen and oxygen atoms in total. The van der Waals surface area contributed by atoms with Crippen LogP contribution in [0.3, 0.4) is 0 Å². The average molecular weight is 490 g/mol. The van der Waals surface area contributed by atoms with Crippen LogP contribution in [0.5, 0.6) is 11.5 Å². The molecule has 4 aromatic rings. The standard InChI is InChI=1S/C23H15BrClFO4/c1-28-20-10-9-13(11-16(20)24)22-23(21(27)14-5-2-3-8-19(14)30-22)29-12-15-17(25)6-4-7-18(15)26/h2-11H,12H2,1H3. The highest BCUT2D eigenvalue weighted by molar-refractivity contribution is 9.10. The van der Waals surface area contributed by atoms with Gasteiger partial charge >= 0.3 is 0 Å². The Balaban J connectivity index is 1.86. The Kier molecular flexibility index (Phi) is 5.79. The van der Waals surface area contributed by atoms with Crippen molar-refractivity contribution in [2.24, 2.45) is 0 Å². The first-order chi connectivity index (χ1) is 14.5. The van der Waals surface area contributed by atoms with Gasteiger partial charge in [0.15, 0.2) is 5.76 Å². The molecule has 0 unspecified atom stereocenters. The third-order valence-electron chi connectivity index (χ3n) is 4.59. The van der Waals surface area contributed by atoms with E-state index in [0.717, 1.165) is 0 Å². The SMILES string of the molecule is COc1ccc(-c2oc3ccccc3c(=O)c2OCc2c(F)cccc2Cl)cc1Br. The van der Waals surface area contributed by atoms with Crippen LogP contribution < -0.4 is 14.9 Å². The molecule has 0 radical (unpaired) electrons. The molecule has 30 heavy (non-hydrogen) atoms. The first-order valence-electron chi connectivity index (χ1n) is 8.95. The van der Waals surface area contributed by atoms with Crippen LogP contribution in [0.2, 0.25) is 5.02 Å². The number of fused-ring (bicyclic) bond motifs is 1. The summed E-state index contributed by atoms with van der Waals surface area (Å²) in [7, 11) is 1.56. The number of rotatable bonds is 5. The van der Waals surface area contributed by atoms with Crippen molar-refractivity contribution in [1.29, 1.82) is 0 Å². The number of para-hydroxylation sites is 1. The maximum absolute atomic E-state index is 14.2. The molecule has 0 aliphatic rings. The van der Waals surface area contributed by atoms with E-state index in [0.29, 0.717) is 26.8 Å². The van der Waals surface area contributed by atoms with Crippen LogP contribution in [0.15, 0.2) is 74.3 Å². The summed E-state index contributed by atoms with van der Waals surface area (Å²) in [5.74, 6) is 0.323. The Morgan fingerprint density at radius 2 is 1.90 bits per heavy atom. The van der Waals surface area contributed by atoms with Crippen molar-refractivity contribution in [3.63, 3.8) is 0 Å². The Labute approximate surface area is 184 Å². The van der Waals surface area contributed by atoms with Crippen LogP contribution in [0, 0.1) is 5.82 Å². The largest absolute Gasteiger partial charge is 0.496 e. The zero-order chi connectivity index (χ0) is 21.3. The zero-order valence-electron chi connectivity index (χ0n) is 15.7. The fraction of sp³-hybridized carbons (Fsp3) is 0.0870. The van der Waals surface area contributed by atoms with Crippen molar-refractivity contribution in [1.82, 2.24) is 0 Å². The Morgan fingerprint density at radius 1 is 1.10 bits per heavy atom. The van der Waals surface area contributed by atoms with Gasteiger partial charge in [-0.2, -0.15) is 0 Å². The van der Waals surface area contributed by atoms with Gasteiger partial charge in [-0.05, 0) is 58.4 Å². The fourth-order valence-electron chi connectivity index (χ4n) is 3.07. The highest BCUT2D eigenvalue weighted by Gasteiger charge is 2.20. The summed E-state index contributed by atoms with van der Waals surface area (Å²) in [6.45, 7) is -0.223. The quantitative estimate of drug-likeness (QED) is 0.317. The normalized spacial score (nSPS) is 10.9. The Morgan fingerprint density at radius 3 is 2.63 bits per heavy atom. The van der Waals surface area contributed by atoms with E-state index < -0.39 is 5.82 Å². The molecule has 0 atom stereocenters. The lowest BCUT2D eigenvalue weighted by Crippen LogP contribution is -2.11. The van der Waals surface area contributed by atoms with Gasteiger partial charge in [0.1, 0.15) is 23.8 Å². The molecule has 0 saturated carbocycles. The second-order valence-electron chi connectivity index (χ2n) is 6.42. The van der Waals surface area contributed by atoms with Gasteiger partial charge in [-0.25, -0.2) is 4.39 Å². The number of halogens is 3. The molecule has 0 bridgehead atoms. The van der Waals surface area contributed by atoms with Crippen molar-refractivity contribution in [3.8, 4) is 22.8 Å². The number of ether oxygens (including phenoxy) is 2. The molecular weight excluding hydrogens is 475 g/mol. The van der Waals surface area contributed by atoms with Crippen molar-refractivity contribution in [2.45, 2.75) is 6.61 Å². The van der Waals surface area contributed by atoms with Crippen molar-refractivity contribution < 1.29 is 18.3 Å². The van der Waals surface area contributed by atoms with Gasteiger partial charge in [0.2, 0.25) is 11.2 Å². The maximum atomic E-state index is 14.2. The Bertz CT molecular complexity index is 1280. The van der Waals surface area contributed by atoms with E-state index in [1.807, 2.05) is 0 Å². The second-order valence-corrected chi connectivity index (χ2v) is 7.69. The van der Waals surface area contributed by atoms with Crippen LogP contribution in [-0.4, -0.2) is 7.11 Å². The minimum atomic E-state index is -0.513. The van der Waals surface area contributed by atoms with Gasteiger partial charge in [-0.1, -0.05) is 29.8 Å². The van der Waals surface area contributed by atoms with Gasteiger partial charge in [-0.3, -0.25) is 4.79 Å². The molecule has 0 spiro atoms. The molecule has 0 fully saturated rings. The van der Waals surface area contributed by atoms with E-state index in [1.54, 1.807) is 55.6 Å². The topological polar surface area (TPSA) is 48.7 Å². The summed E-state index contributed by atoms with van der Waals surface area (Å²) in [6, 6.07) is 16.5. The lowest BCUT2D eigenvalue weighted by atomic mass is 10.1. The molecule has 1 aromatic heterocycles. The smallest absolute Gasteiger partial charge is 0.235 e. The second kappa shape index (κ2) is 8.50. The van der Waals surface area contributed by atoms with E-state index in [9.17, 15) is 9.18 Å². The lowest BCUT2D eigenvalue weighted by molar-refractivity contribution is 0.292. The molecule has 0 N–H and O–H groups in total. The van der Waals surface area contributed by atoms with E-state index in [4.69, 9.17) is 25.5 Å². The summed E-state index contributed by atoms with van der Waals surface area (Å²) in [5.41, 5.74) is 0.820. The molecule has 0 amide bonds. The van der Waals surface area contributed by atoms with E-state index in [-0.39, 0.29) is 34.1 Å². The molecule has 0 aliphatic carbocycles. The summed E-state index contributed by atoms with van der Waals surface area (Å²) >= 11 is 9.54. The summed E-state index contributed by atoms with van der Waals surface area (Å²) in [6.07, 6.45) is 0. The van der Waals surface area contributed by atoms with E-state index >= 15 is 0 Å². The number of hydrogen-bond donors (Lipinski definition) is 0. The number of hydrogen-bond acceptors (Lipinski definition) is 4. The number of methoxy groups -OCH3 is 1. The van der Waals surface area contributed by atoms with Crippen LogP contribution in [0.1, 0.15) is 5.56 Å². The minimum Gasteiger partial charge on any atom is -0.496 e. The molecule has 0 aliphatic heterocycles. The predicted molar refractivity (Wildman–Crippen MR) is 118 cm³/mol. The van der Waals surface area contributed by atoms with Gasteiger partial charge in [0.05, 0.1) is 22.0 Å². The molecule has 0 saturated heterocycles. The van der Waals surface area contributed by atoms with Gasteiger partial charge in [-0.15, -0.1) is 0 Å². The third kappa shape index (κ3) is 3.80. The van der Waals surface area contributed by atoms with Crippen molar-refractivity contribution in [3.05, 3.63) is 91.8 Å². The molecule has 1 heterocycles. The monoisotopic (exact) mass is 488 g/mol. The zero-order valence-corrected chi connectivity index (χ0v) is 18.1. The lowest BCUT2D eigenvalue weighted by Gasteiger charge is -2.13. The van der Waals surface area contributed by atoms with Crippen molar-refractivity contribution >= 4 is 38.5 Å². The maximum Gasteiger partial charge on any atom is 0.235 e. The molecule has 4 rings (SSSR count). The summed E-state index contributed by atoms with van der Waals surface area (Å²) < 4.78 is 31.9. The minimum absolute atomic E-state index is 0.0231. The highest BCUT2D eigenvalue weighted by Crippen LogP contribution is 2.36. The van der Waals surface area contributed by atoms with E-state index in [2.05, 4.69) is 15.9 Å². The van der Waals surface area contributed by atoms with Crippen LogP contribution in [0.4, 0.5) is 4.39 Å². The highest BCUT2D eigenvalue weighted by atomic mass is 79.9. The number of benzene rings is 3.